The Balaban J connectivity index is 1.92. The summed E-state index contributed by atoms with van der Waals surface area (Å²) in [5.41, 5.74) is 1.70. The van der Waals surface area contributed by atoms with Gasteiger partial charge in [-0.05, 0) is 31.2 Å². The monoisotopic (exact) mass is 386 g/mol. The number of amides is 2. The highest BCUT2D eigenvalue weighted by Gasteiger charge is 2.17. The van der Waals surface area contributed by atoms with Crippen molar-refractivity contribution in [3.63, 3.8) is 0 Å². The molecule has 2 rings (SSSR count). The third-order valence-corrected chi connectivity index (χ3v) is 4.11. The highest BCUT2D eigenvalue weighted by molar-refractivity contribution is 5.93. The van der Waals surface area contributed by atoms with Gasteiger partial charge in [-0.1, -0.05) is 17.7 Å². The van der Waals surface area contributed by atoms with Gasteiger partial charge in [0.25, 0.3) is 5.91 Å². The van der Waals surface area contributed by atoms with E-state index >= 15 is 0 Å². The first-order valence-corrected chi connectivity index (χ1v) is 8.91. The maximum absolute atomic E-state index is 12.1. The summed E-state index contributed by atoms with van der Waals surface area (Å²) in [6.45, 7) is 3.91. The third kappa shape index (κ3) is 5.90. The van der Waals surface area contributed by atoms with E-state index in [0.29, 0.717) is 22.9 Å². The van der Waals surface area contributed by atoms with E-state index < -0.39 is 0 Å². The molecule has 28 heavy (non-hydrogen) atoms. The van der Waals surface area contributed by atoms with Gasteiger partial charge in [-0.15, -0.1) is 0 Å². The van der Waals surface area contributed by atoms with E-state index in [1.165, 1.54) is 18.9 Å². The molecule has 0 saturated heterocycles. The molecule has 0 aliphatic rings. The molecule has 0 aromatic heterocycles. The van der Waals surface area contributed by atoms with Crippen LogP contribution in [0.25, 0.3) is 0 Å². The first kappa shape index (κ1) is 21.1. The van der Waals surface area contributed by atoms with Crippen molar-refractivity contribution in [3.8, 4) is 17.2 Å². The Morgan fingerprint density at radius 3 is 2.29 bits per heavy atom. The first-order valence-electron chi connectivity index (χ1n) is 8.91. The van der Waals surface area contributed by atoms with Crippen LogP contribution in [0.2, 0.25) is 0 Å². The number of methoxy groups -OCH3 is 2. The van der Waals surface area contributed by atoms with Crippen LogP contribution in [-0.2, 0) is 9.59 Å². The maximum atomic E-state index is 12.1. The number of aryl methyl sites for hydroxylation is 1. The molecule has 0 radical (unpaired) electrons. The lowest BCUT2D eigenvalue weighted by atomic mass is 10.2. The number of nitrogens with zero attached hydrogens (tertiary/aromatic N) is 1. The maximum Gasteiger partial charge on any atom is 0.258 e. The molecular formula is C21H26N2O5. The molecule has 0 aliphatic carbocycles. The summed E-state index contributed by atoms with van der Waals surface area (Å²) in [5, 5.41) is 2.76. The molecule has 2 aromatic carbocycles. The summed E-state index contributed by atoms with van der Waals surface area (Å²) in [7, 11) is 3.09. The average Bonchev–Trinajstić information content (AvgIpc) is 2.70. The molecule has 1 N–H and O–H groups in total. The minimum absolute atomic E-state index is 0.0917. The van der Waals surface area contributed by atoms with E-state index in [1.807, 2.05) is 31.2 Å². The van der Waals surface area contributed by atoms with Crippen LogP contribution in [0.4, 0.5) is 5.69 Å². The van der Waals surface area contributed by atoms with Gasteiger partial charge in [0.2, 0.25) is 5.91 Å². The number of ether oxygens (including phenoxy) is 3. The van der Waals surface area contributed by atoms with Crippen LogP contribution >= 0.6 is 0 Å². The summed E-state index contributed by atoms with van der Waals surface area (Å²) < 4.78 is 16.0. The van der Waals surface area contributed by atoms with Gasteiger partial charge in [-0.3, -0.25) is 9.59 Å². The van der Waals surface area contributed by atoms with E-state index in [1.54, 1.807) is 25.3 Å². The summed E-state index contributed by atoms with van der Waals surface area (Å²) in [4.78, 5) is 25.7. The number of anilines is 1. The van der Waals surface area contributed by atoms with Gasteiger partial charge in [-0.25, -0.2) is 0 Å². The van der Waals surface area contributed by atoms with Crippen molar-refractivity contribution in [1.82, 2.24) is 5.32 Å². The molecule has 7 nitrogen and oxygen atoms in total. The Morgan fingerprint density at radius 1 is 1.00 bits per heavy atom. The molecule has 0 saturated carbocycles. The fraction of sp³-hybridized carbons (Fsp3) is 0.333. The Labute approximate surface area is 165 Å². The van der Waals surface area contributed by atoms with Crippen LogP contribution < -0.4 is 24.4 Å². The molecule has 0 spiro atoms. The van der Waals surface area contributed by atoms with Crippen molar-refractivity contribution >= 4 is 17.5 Å². The van der Waals surface area contributed by atoms with Crippen LogP contribution in [0.5, 0.6) is 17.2 Å². The molecule has 150 valence electrons. The van der Waals surface area contributed by atoms with E-state index in [4.69, 9.17) is 14.2 Å². The normalized spacial score (nSPS) is 10.1. The van der Waals surface area contributed by atoms with Gasteiger partial charge in [0.15, 0.2) is 6.61 Å². The van der Waals surface area contributed by atoms with Crippen molar-refractivity contribution in [3.05, 3.63) is 48.0 Å². The van der Waals surface area contributed by atoms with E-state index in [9.17, 15) is 9.59 Å². The zero-order valence-electron chi connectivity index (χ0n) is 16.7. The fourth-order valence-corrected chi connectivity index (χ4v) is 2.60. The summed E-state index contributed by atoms with van der Waals surface area (Å²) >= 11 is 0. The molecule has 7 heteroatoms. The number of carbonyl (C=O) groups is 2. The standard InChI is InChI=1S/C21H26N2O5/c1-15-5-7-17(8-6-15)28-14-21(25)22-11-12-23(16(2)24)19-13-18(26-3)9-10-20(19)27-4/h5-10,13H,11-12,14H2,1-4H3,(H,22,25). The second-order valence-electron chi connectivity index (χ2n) is 6.16. The second-order valence-corrected chi connectivity index (χ2v) is 6.16. The highest BCUT2D eigenvalue weighted by atomic mass is 16.5. The minimum atomic E-state index is -0.262. The van der Waals surface area contributed by atoms with Crippen molar-refractivity contribution in [2.45, 2.75) is 13.8 Å². The van der Waals surface area contributed by atoms with Gasteiger partial charge < -0.3 is 24.4 Å². The van der Waals surface area contributed by atoms with Gasteiger partial charge in [-0.2, -0.15) is 0 Å². The van der Waals surface area contributed by atoms with Crippen LogP contribution in [0.3, 0.4) is 0 Å². The average molecular weight is 386 g/mol. The van der Waals surface area contributed by atoms with Crippen LogP contribution in [0, 0.1) is 6.92 Å². The topological polar surface area (TPSA) is 77.1 Å². The SMILES string of the molecule is COc1ccc(OC)c(N(CCNC(=O)COc2ccc(C)cc2)C(C)=O)c1. The molecule has 0 aliphatic heterocycles. The second kappa shape index (κ2) is 10.2. The predicted octanol–water partition coefficient (Wildman–Crippen LogP) is 2.56. The van der Waals surface area contributed by atoms with Crippen molar-refractivity contribution in [2.24, 2.45) is 0 Å². The lowest BCUT2D eigenvalue weighted by Crippen LogP contribution is -2.39. The van der Waals surface area contributed by atoms with Crippen LogP contribution in [0.15, 0.2) is 42.5 Å². The van der Waals surface area contributed by atoms with Crippen LogP contribution in [0.1, 0.15) is 12.5 Å². The molecular weight excluding hydrogens is 360 g/mol. The summed E-state index contributed by atoms with van der Waals surface area (Å²) in [6.07, 6.45) is 0. The third-order valence-electron chi connectivity index (χ3n) is 4.11. The lowest BCUT2D eigenvalue weighted by Gasteiger charge is -2.24. The van der Waals surface area contributed by atoms with E-state index in [-0.39, 0.29) is 31.5 Å². The fourth-order valence-electron chi connectivity index (χ4n) is 2.60. The Hall–Kier alpha value is -3.22. The molecule has 2 aromatic rings. The molecule has 0 fully saturated rings. The summed E-state index contributed by atoms with van der Waals surface area (Å²) in [5.74, 6) is 1.35. The largest absolute Gasteiger partial charge is 0.497 e. The number of nitrogens with one attached hydrogen (secondary N) is 1. The van der Waals surface area contributed by atoms with Gasteiger partial charge in [0.1, 0.15) is 17.2 Å². The van der Waals surface area contributed by atoms with E-state index in [0.717, 1.165) is 5.56 Å². The van der Waals surface area contributed by atoms with Gasteiger partial charge >= 0.3 is 0 Å². The van der Waals surface area contributed by atoms with Crippen molar-refractivity contribution in [1.29, 1.82) is 0 Å². The molecule has 0 unspecified atom stereocenters. The number of carbonyl (C=O) groups excluding carboxylic acids is 2. The highest BCUT2D eigenvalue weighted by Crippen LogP contribution is 2.32. The van der Waals surface area contributed by atoms with Crippen LogP contribution in [-0.4, -0.2) is 45.7 Å². The lowest BCUT2D eigenvalue weighted by molar-refractivity contribution is -0.123. The Bertz CT molecular complexity index is 805. The van der Waals surface area contributed by atoms with E-state index in [2.05, 4.69) is 5.32 Å². The van der Waals surface area contributed by atoms with Gasteiger partial charge in [0.05, 0.1) is 19.9 Å². The Kier molecular flexibility index (Phi) is 7.68. The predicted molar refractivity (Wildman–Crippen MR) is 107 cm³/mol. The molecule has 2 amide bonds. The Morgan fingerprint density at radius 2 is 1.68 bits per heavy atom. The minimum Gasteiger partial charge on any atom is -0.497 e. The molecule has 0 heterocycles. The van der Waals surface area contributed by atoms with Crippen molar-refractivity contribution in [2.75, 3.05) is 38.8 Å². The number of hydrogen-bond acceptors (Lipinski definition) is 5. The van der Waals surface area contributed by atoms with Crippen molar-refractivity contribution < 1.29 is 23.8 Å². The summed E-state index contributed by atoms with van der Waals surface area (Å²) in [6, 6.07) is 12.7. The van der Waals surface area contributed by atoms with Gasteiger partial charge in [0, 0.05) is 26.1 Å². The quantitative estimate of drug-likeness (QED) is 0.717. The zero-order valence-corrected chi connectivity index (χ0v) is 16.7. The zero-order chi connectivity index (χ0) is 20.5. The smallest absolute Gasteiger partial charge is 0.258 e. The molecule has 0 bridgehead atoms. The number of rotatable bonds is 9. The molecule has 0 atom stereocenters. The number of benzene rings is 2. The number of hydrogen-bond donors (Lipinski definition) is 1. The first-order chi connectivity index (χ1) is 13.4.